The molecule has 0 spiro atoms. The standard InChI is InChI=1S/C10H11Cl2N3S/c1-6(2)14-15(10(13)16)9-4-7(11)3-8(12)5-9/h3-5H,1-2H3,(H2,13,16). The highest BCUT2D eigenvalue weighted by Crippen LogP contribution is 2.25. The number of nitrogens with two attached hydrogens (primary N) is 1. The van der Waals surface area contributed by atoms with Gasteiger partial charge in [0.1, 0.15) is 0 Å². The van der Waals surface area contributed by atoms with Crippen LogP contribution in [0.25, 0.3) is 0 Å². The van der Waals surface area contributed by atoms with E-state index in [1.165, 1.54) is 5.01 Å². The minimum atomic E-state index is 0.138. The van der Waals surface area contributed by atoms with Crippen LogP contribution < -0.4 is 10.7 Å². The Labute approximate surface area is 110 Å². The molecule has 1 aromatic rings. The van der Waals surface area contributed by atoms with Gasteiger partial charge in [-0.15, -0.1) is 0 Å². The fourth-order valence-electron chi connectivity index (χ4n) is 1.10. The Balaban J connectivity index is 3.21. The van der Waals surface area contributed by atoms with Crippen molar-refractivity contribution >= 4 is 51.9 Å². The minimum absolute atomic E-state index is 0.138. The third-order valence-electron chi connectivity index (χ3n) is 1.60. The molecule has 0 atom stereocenters. The van der Waals surface area contributed by atoms with E-state index in [1.54, 1.807) is 18.2 Å². The van der Waals surface area contributed by atoms with Gasteiger partial charge in [-0.1, -0.05) is 23.2 Å². The molecule has 0 aliphatic heterocycles. The Morgan fingerprint density at radius 1 is 1.25 bits per heavy atom. The summed E-state index contributed by atoms with van der Waals surface area (Å²) in [6.07, 6.45) is 0. The fourth-order valence-corrected chi connectivity index (χ4v) is 1.76. The molecule has 0 saturated carbocycles. The fraction of sp³-hybridized carbons (Fsp3) is 0.200. The van der Waals surface area contributed by atoms with Gasteiger partial charge in [0.2, 0.25) is 0 Å². The molecule has 0 amide bonds. The summed E-state index contributed by atoms with van der Waals surface area (Å²) in [5.41, 5.74) is 7.05. The molecule has 3 nitrogen and oxygen atoms in total. The molecule has 0 unspecified atom stereocenters. The van der Waals surface area contributed by atoms with Crippen LogP contribution >= 0.6 is 35.4 Å². The number of hydrogen-bond donors (Lipinski definition) is 1. The molecule has 0 radical (unpaired) electrons. The zero-order valence-corrected chi connectivity index (χ0v) is 11.2. The molecular formula is C10H11Cl2N3S. The quantitative estimate of drug-likeness (QED) is 0.511. The first-order chi connectivity index (χ1) is 7.40. The van der Waals surface area contributed by atoms with E-state index in [4.69, 9.17) is 41.2 Å². The lowest BCUT2D eigenvalue weighted by molar-refractivity contribution is 1.12. The Morgan fingerprint density at radius 3 is 2.12 bits per heavy atom. The number of rotatable bonds is 2. The normalized spacial score (nSPS) is 9.75. The Hall–Kier alpha value is -0.840. The Bertz CT molecular complexity index is 421. The van der Waals surface area contributed by atoms with Crippen LogP contribution in [0.1, 0.15) is 13.8 Å². The van der Waals surface area contributed by atoms with Gasteiger partial charge in [-0.05, 0) is 44.3 Å². The second-order valence-corrected chi connectivity index (χ2v) is 4.62. The largest absolute Gasteiger partial charge is 0.374 e. The number of halogens is 2. The average Bonchev–Trinajstić information content (AvgIpc) is 2.11. The van der Waals surface area contributed by atoms with Crippen LogP contribution in [0.3, 0.4) is 0 Å². The molecule has 0 aliphatic rings. The van der Waals surface area contributed by atoms with Gasteiger partial charge in [-0.2, -0.15) is 5.10 Å². The lowest BCUT2D eigenvalue weighted by atomic mass is 10.3. The van der Waals surface area contributed by atoms with E-state index < -0.39 is 0 Å². The number of nitrogens with zero attached hydrogens (tertiary/aromatic N) is 2. The topological polar surface area (TPSA) is 41.6 Å². The predicted octanol–water partition coefficient (Wildman–Crippen LogP) is 3.44. The first kappa shape index (κ1) is 13.2. The molecule has 0 fully saturated rings. The van der Waals surface area contributed by atoms with E-state index in [1.807, 2.05) is 13.8 Å². The van der Waals surface area contributed by atoms with Crippen molar-refractivity contribution in [1.29, 1.82) is 0 Å². The summed E-state index contributed by atoms with van der Waals surface area (Å²) in [5.74, 6) is 0. The van der Waals surface area contributed by atoms with Gasteiger partial charge in [-0.25, -0.2) is 5.01 Å². The highest BCUT2D eigenvalue weighted by atomic mass is 35.5. The van der Waals surface area contributed by atoms with Crippen LogP contribution in [0, 0.1) is 0 Å². The van der Waals surface area contributed by atoms with Crippen LogP contribution in [0.4, 0.5) is 5.69 Å². The van der Waals surface area contributed by atoms with Gasteiger partial charge in [0.25, 0.3) is 0 Å². The number of anilines is 1. The van der Waals surface area contributed by atoms with Crippen LogP contribution in [-0.4, -0.2) is 10.8 Å². The van der Waals surface area contributed by atoms with Crippen LogP contribution in [-0.2, 0) is 0 Å². The molecule has 0 saturated heterocycles. The summed E-state index contributed by atoms with van der Waals surface area (Å²) in [6.45, 7) is 3.69. The van der Waals surface area contributed by atoms with Crippen LogP contribution in [0.2, 0.25) is 10.0 Å². The zero-order valence-electron chi connectivity index (χ0n) is 8.87. The van der Waals surface area contributed by atoms with Crippen molar-refractivity contribution in [3.63, 3.8) is 0 Å². The van der Waals surface area contributed by atoms with E-state index in [2.05, 4.69) is 5.10 Å². The maximum atomic E-state index is 5.89. The van der Waals surface area contributed by atoms with Crippen molar-refractivity contribution in [3.8, 4) is 0 Å². The Kier molecular flexibility index (Phi) is 4.53. The highest BCUT2D eigenvalue weighted by molar-refractivity contribution is 7.80. The SMILES string of the molecule is CC(C)=NN(C(N)=S)c1cc(Cl)cc(Cl)c1. The highest BCUT2D eigenvalue weighted by Gasteiger charge is 2.09. The summed E-state index contributed by atoms with van der Waals surface area (Å²) in [5, 5.41) is 6.77. The summed E-state index contributed by atoms with van der Waals surface area (Å²) in [6, 6.07) is 5.02. The van der Waals surface area contributed by atoms with Crippen molar-refractivity contribution in [3.05, 3.63) is 28.2 Å². The molecule has 0 heterocycles. The maximum Gasteiger partial charge on any atom is 0.191 e. The molecule has 1 rings (SSSR count). The van der Waals surface area contributed by atoms with Gasteiger partial charge in [0.15, 0.2) is 5.11 Å². The Morgan fingerprint density at radius 2 is 1.75 bits per heavy atom. The van der Waals surface area contributed by atoms with Crippen molar-refractivity contribution in [1.82, 2.24) is 0 Å². The number of hydrazone groups is 1. The third kappa shape index (κ3) is 3.63. The number of thiocarbonyl (C=S) groups is 1. The van der Waals surface area contributed by atoms with E-state index in [9.17, 15) is 0 Å². The summed E-state index contributed by atoms with van der Waals surface area (Å²) in [4.78, 5) is 0. The zero-order chi connectivity index (χ0) is 12.3. The van der Waals surface area contributed by atoms with Crippen molar-refractivity contribution in [2.24, 2.45) is 10.8 Å². The summed E-state index contributed by atoms with van der Waals surface area (Å²) < 4.78 is 0. The van der Waals surface area contributed by atoms with E-state index in [0.29, 0.717) is 15.7 Å². The summed E-state index contributed by atoms with van der Waals surface area (Å²) in [7, 11) is 0. The number of hydrogen-bond acceptors (Lipinski definition) is 2. The van der Waals surface area contributed by atoms with Gasteiger partial charge in [0, 0.05) is 15.8 Å². The van der Waals surface area contributed by atoms with E-state index in [0.717, 1.165) is 5.71 Å². The lowest BCUT2D eigenvalue weighted by Crippen LogP contribution is -2.31. The molecule has 86 valence electrons. The maximum absolute atomic E-state index is 5.89. The summed E-state index contributed by atoms with van der Waals surface area (Å²) >= 11 is 16.7. The van der Waals surface area contributed by atoms with Gasteiger partial charge >= 0.3 is 0 Å². The van der Waals surface area contributed by atoms with E-state index >= 15 is 0 Å². The molecule has 2 N–H and O–H groups in total. The molecule has 6 heteroatoms. The molecule has 1 aromatic carbocycles. The first-order valence-electron chi connectivity index (χ1n) is 4.47. The monoisotopic (exact) mass is 275 g/mol. The van der Waals surface area contributed by atoms with Crippen LogP contribution in [0.5, 0.6) is 0 Å². The average molecular weight is 276 g/mol. The van der Waals surface area contributed by atoms with E-state index in [-0.39, 0.29) is 5.11 Å². The minimum Gasteiger partial charge on any atom is -0.374 e. The molecule has 0 bridgehead atoms. The lowest BCUT2D eigenvalue weighted by Gasteiger charge is -2.18. The molecular weight excluding hydrogens is 265 g/mol. The van der Waals surface area contributed by atoms with Gasteiger partial charge < -0.3 is 5.73 Å². The van der Waals surface area contributed by atoms with Crippen molar-refractivity contribution in [2.75, 3.05) is 5.01 Å². The van der Waals surface area contributed by atoms with Crippen LogP contribution in [0.15, 0.2) is 23.3 Å². The number of benzene rings is 1. The first-order valence-corrected chi connectivity index (χ1v) is 5.64. The molecule has 0 aromatic heterocycles. The predicted molar refractivity (Wildman–Crippen MR) is 74.5 cm³/mol. The van der Waals surface area contributed by atoms with Gasteiger partial charge in [-0.3, -0.25) is 0 Å². The molecule has 0 aliphatic carbocycles. The smallest absolute Gasteiger partial charge is 0.191 e. The second-order valence-electron chi connectivity index (χ2n) is 3.32. The second kappa shape index (κ2) is 5.48. The third-order valence-corrected chi connectivity index (χ3v) is 2.21. The molecule has 16 heavy (non-hydrogen) atoms. The van der Waals surface area contributed by atoms with Crippen molar-refractivity contribution in [2.45, 2.75) is 13.8 Å². The van der Waals surface area contributed by atoms with Crippen molar-refractivity contribution < 1.29 is 0 Å². The van der Waals surface area contributed by atoms with Gasteiger partial charge in [0.05, 0.1) is 5.69 Å².